The summed E-state index contributed by atoms with van der Waals surface area (Å²) in [4.78, 5) is -0.796. The molecule has 2 rings (SSSR count). The van der Waals surface area contributed by atoms with Gasteiger partial charge in [-0.1, -0.05) is 64.6 Å². The van der Waals surface area contributed by atoms with E-state index >= 15 is 0 Å². The van der Waals surface area contributed by atoms with Gasteiger partial charge in [-0.25, -0.2) is 4.68 Å². The molecule has 0 spiro atoms. The molecule has 84 valence electrons. The highest BCUT2D eigenvalue weighted by Gasteiger charge is 2.19. The van der Waals surface area contributed by atoms with Crippen molar-refractivity contribution < 1.29 is 0 Å². The molecule has 0 atom stereocenters. The monoisotopic (exact) mass is 294 g/mol. The van der Waals surface area contributed by atoms with E-state index in [0.29, 0.717) is 10.8 Å². The van der Waals surface area contributed by atoms with Crippen LogP contribution in [0.4, 0.5) is 0 Å². The molecule has 1 aromatic heterocycles. The number of para-hydroxylation sites is 1. The van der Waals surface area contributed by atoms with E-state index in [4.69, 9.17) is 46.4 Å². The maximum absolute atomic E-state index is 6.04. The lowest BCUT2D eigenvalue weighted by Gasteiger charge is -2.01. The van der Waals surface area contributed by atoms with Crippen LogP contribution in [0.25, 0.3) is 5.69 Å². The molecule has 0 aliphatic heterocycles. The first-order valence-electron chi connectivity index (χ1n) is 4.38. The van der Waals surface area contributed by atoms with Crippen molar-refractivity contribution in [2.75, 3.05) is 0 Å². The van der Waals surface area contributed by atoms with Crippen LogP contribution in [0.5, 0.6) is 0 Å². The van der Waals surface area contributed by atoms with Gasteiger partial charge in [-0.15, -0.1) is 0 Å². The third-order valence-corrected chi connectivity index (χ3v) is 3.24. The van der Waals surface area contributed by atoms with E-state index in [1.54, 1.807) is 0 Å². The molecule has 0 amide bonds. The molecule has 1 heterocycles. The lowest BCUT2D eigenvalue weighted by Crippen LogP contribution is -1.96. The zero-order chi connectivity index (χ0) is 11.7. The van der Waals surface area contributed by atoms with Gasteiger partial charge in [0.05, 0.1) is 5.69 Å². The van der Waals surface area contributed by atoms with Crippen molar-refractivity contribution in [2.45, 2.75) is 4.84 Å². The number of aromatic nitrogens is 2. The van der Waals surface area contributed by atoms with Crippen LogP contribution in [0, 0.1) is 0 Å². The summed E-state index contributed by atoms with van der Waals surface area (Å²) in [6.07, 6.45) is 0. The van der Waals surface area contributed by atoms with Crippen LogP contribution in [0.3, 0.4) is 0 Å². The number of hydrogen-bond acceptors (Lipinski definition) is 1. The van der Waals surface area contributed by atoms with Crippen molar-refractivity contribution in [2.24, 2.45) is 0 Å². The molecule has 0 aliphatic rings. The Hall–Kier alpha value is -0.410. The molecule has 0 radical (unpaired) electrons. The smallest absolute Gasteiger partial charge is 0.152 e. The van der Waals surface area contributed by atoms with Gasteiger partial charge in [0, 0.05) is 0 Å². The summed E-state index contributed by atoms with van der Waals surface area (Å²) in [5.41, 5.74) is 1.16. The second kappa shape index (κ2) is 4.84. The topological polar surface area (TPSA) is 17.8 Å². The van der Waals surface area contributed by atoms with E-state index in [1.807, 2.05) is 30.3 Å². The van der Waals surface area contributed by atoms with Crippen LogP contribution in [-0.2, 0) is 0 Å². The maximum atomic E-state index is 6.04. The van der Waals surface area contributed by atoms with Gasteiger partial charge < -0.3 is 0 Å². The molecule has 1 aromatic carbocycles. The summed E-state index contributed by atoms with van der Waals surface area (Å²) >= 11 is 23.5. The van der Waals surface area contributed by atoms with E-state index in [0.717, 1.165) is 5.69 Å². The normalized spacial score (nSPS) is 11.1. The average molecular weight is 296 g/mol. The average Bonchev–Trinajstić information content (AvgIpc) is 2.58. The van der Waals surface area contributed by atoms with Crippen LogP contribution >= 0.6 is 46.4 Å². The molecule has 0 saturated carbocycles. The summed E-state index contributed by atoms with van der Waals surface area (Å²) in [6, 6.07) is 9.36. The van der Waals surface area contributed by atoms with Gasteiger partial charge in [-0.3, -0.25) is 0 Å². The number of alkyl halides is 2. The van der Waals surface area contributed by atoms with Gasteiger partial charge in [0.1, 0.15) is 10.7 Å². The summed E-state index contributed by atoms with van der Waals surface area (Å²) in [5, 5.41) is 4.75. The third kappa shape index (κ3) is 2.16. The minimum atomic E-state index is -0.796. The molecule has 2 nitrogen and oxygen atoms in total. The van der Waals surface area contributed by atoms with Crippen molar-refractivity contribution in [3.63, 3.8) is 0 Å². The Balaban J connectivity index is 2.55. The molecule has 2 aromatic rings. The Labute approximate surface area is 113 Å². The van der Waals surface area contributed by atoms with Crippen LogP contribution in [0.1, 0.15) is 10.5 Å². The predicted molar refractivity (Wildman–Crippen MR) is 68.0 cm³/mol. The van der Waals surface area contributed by atoms with Crippen molar-refractivity contribution >= 4 is 46.4 Å². The first-order valence-corrected chi connectivity index (χ1v) is 6.01. The summed E-state index contributed by atoms with van der Waals surface area (Å²) in [5.74, 6) is 0. The van der Waals surface area contributed by atoms with E-state index < -0.39 is 4.84 Å². The molecule has 6 heteroatoms. The molecule has 0 unspecified atom stereocenters. The number of halogens is 4. The zero-order valence-corrected chi connectivity index (χ0v) is 10.9. The van der Waals surface area contributed by atoms with E-state index in [-0.39, 0.29) is 5.02 Å². The highest BCUT2D eigenvalue weighted by Crippen LogP contribution is 2.35. The molecule has 0 N–H and O–H groups in total. The molecule has 0 saturated heterocycles. The SMILES string of the molecule is Clc1c(C(Cl)Cl)nn(-c2ccccc2)c1Cl. The second-order valence-electron chi connectivity index (χ2n) is 3.04. The minimum Gasteiger partial charge on any atom is -0.220 e. The predicted octanol–water partition coefficient (Wildman–Crippen LogP) is 4.66. The molecule has 0 fully saturated rings. The van der Waals surface area contributed by atoms with E-state index in [1.165, 1.54) is 4.68 Å². The van der Waals surface area contributed by atoms with Crippen molar-refractivity contribution in [3.8, 4) is 5.69 Å². The number of rotatable bonds is 2. The number of nitrogens with zero attached hydrogens (tertiary/aromatic N) is 2. The molecule has 0 bridgehead atoms. The van der Waals surface area contributed by atoms with Gasteiger partial charge in [-0.2, -0.15) is 5.10 Å². The fourth-order valence-corrected chi connectivity index (χ4v) is 2.15. The van der Waals surface area contributed by atoms with Gasteiger partial charge >= 0.3 is 0 Å². The molecule has 16 heavy (non-hydrogen) atoms. The largest absolute Gasteiger partial charge is 0.220 e. The summed E-state index contributed by atoms with van der Waals surface area (Å²) < 4.78 is 1.50. The minimum absolute atomic E-state index is 0.278. The lowest BCUT2D eigenvalue weighted by molar-refractivity contribution is 0.856. The van der Waals surface area contributed by atoms with Crippen LogP contribution < -0.4 is 0 Å². The van der Waals surface area contributed by atoms with Gasteiger partial charge in [0.15, 0.2) is 9.99 Å². The third-order valence-electron chi connectivity index (χ3n) is 2.01. The Morgan fingerprint density at radius 3 is 2.19 bits per heavy atom. The standard InChI is InChI=1S/C10H6Cl4N2/c11-7-8(9(12)13)15-16(10(7)14)6-4-2-1-3-5-6/h1-5,9H. The Morgan fingerprint density at radius 2 is 1.69 bits per heavy atom. The Bertz CT molecular complexity index is 493. The van der Waals surface area contributed by atoms with E-state index in [9.17, 15) is 0 Å². The zero-order valence-electron chi connectivity index (χ0n) is 7.87. The first-order chi connectivity index (χ1) is 7.61. The summed E-state index contributed by atoms with van der Waals surface area (Å²) in [7, 11) is 0. The van der Waals surface area contributed by atoms with Gasteiger partial charge in [0.2, 0.25) is 0 Å². The van der Waals surface area contributed by atoms with Crippen LogP contribution in [-0.4, -0.2) is 9.78 Å². The Morgan fingerprint density at radius 1 is 1.06 bits per heavy atom. The quantitative estimate of drug-likeness (QED) is 0.737. The van der Waals surface area contributed by atoms with Gasteiger partial charge in [0.25, 0.3) is 0 Å². The second-order valence-corrected chi connectivity index (χ2v) is 4.87. The van der Waals surface area contributed by atoms with Crippen molar-refractivity contribution in [1.82, 2.24) is 9.78 Å². The number of hydrogen-bond donors (Lipinski definition) is 0. The highest BCUT2D eigenvalue weighted by atomic mass is 35.5. The van der Waals surface area contributed by atoms with Crippen LogP contribution in [0.2, 0.25) is 10.2 Å². The van der Waals surface area contributed by atoms with Crippen molar-refractivity contribution in [1.29, 1.82) is 0 Å². The van der Waals surface area contributed by atoms with E-state index in [2.05, 4.69) is 5.10 Å². The highest BCUT2D eigenvalue weighted by molar-refractivity contribution is 6.47. The molecule has 0 aliphatic carbocycles. The number of benzene rings is 1. The fourth-order valence-electron chi connectivity index (χ4n) is 1.27. The van der Waals surface area contributed by atoms with Gasteiger partial charge in [-0.05, 0) is 12.1 Å². The fraction of sp³-hybridized carbons (Fsp3) is 0.100. The maximum Gasteiger partial charge on any atom is 0.152 e. The van der Waals surface area contributed by atoms with Crippen molar-refractivity contribution in [3.05, 3.63) is 46.2 Å². The molecular weight excluding hydrogens is 290 g/mol. The Kier molecular flexibility index (Phi) is 3.65. The molecular formula is C10H6Cl4N2. The summed E-state index contributed by atoms with van der Waals surface area (Å²) in [6.45, 7) is 0. The lowest BCUT2D eigenvalue weighted by atomic mass is 10.3. The van der Waals surface area contributed by atoms with Crippen LogP contribution in [0.15, 0.2) is 30.3 Å². The first kappa shape index (κ1) is 12.1.